The van der Waals surface area contributed by atoms with E-state index in [-0.39, 0.29) is 18.4 Å². The summed E-state index contributed by atoms with van der Waals surface area (Å²) < 4.78 is 0. The number of nitrogens with one attached hydrogen (secondary N) is 1. The molecule has 0 saturated carbocycles. The fourth-order valence-corrected chi connectivity index (χ4v) is 2.67. The van der Waals surface area contributed by atoms with Gasteiger partial charge >= 0.3 is 5.97 Å². The summed E-state index contributed by atoms with van der Waals surface area (Å²) in [5, 5.41) is 21.5. The van der Waals surface area contributed by atoms with E-state index in [9.17, 15) is 10.1 Å². The fraction of sp³-hybridized carbons (Fsp3) is 0.467. The first-order valence-corrected chi connectivity index (χ1v) is 7.62. The number of nitriles is 1. The molecule has 0 amide bonds. The van der Waals surface area contributed by atoms with Crippen molar-refractivity contribution in [3.05, 3.63) is 23.8 Å². The molecule has 0 aliphatic rings. The lowest BCUT2D eigenvalue weighted by Gasteiger charge is -2.23. The molecule has 5 heteroatoms. The van der Waals surface area contributed by atoms with Gasteiger partial charge in [-0.05, 0) is 23.8 Å². The maximum absolute atomic E-state index is 10.9. The van der Waals surface area contributed by atoms with Crippen LogP contribution in [0.25, 0.3) is 0 Å². The zero-order valence-electron chi connectivity index (χ0n) is 12.0. The van der Waals surface area contributed by atoms with Crippen molar-refractivity contribution in [2.75, 3.05) is 11.1 Å². The number of nitrogens with zero attached hydrogens (tertiary/aromatic N) is 1. The minimum Gasteiger partial charge on any atom is -0.481 e. The van der Waals surface area contributed by atoms with Gasteiger partial charge in [-0.1, -0.05) is 26.8 Å². The first kappa shape index (κ1) is 16.4. The van der Waals surface area contributed by atoms with Gasteiger partial charge in [-0.2, -0.15) is 5.26 Å². The van der Waals surface area contributed by atoms with E-state index in [0.29, 0.717) is 11.3 Å². The molecule has 1 aromatic carbocycles. The summed E-state index contributed by atoms with van der Waals surface area (Å²) in [6, 6.07) is 7.66. The van der Waals surface area contributed by atoms with Crippen LogP contribution in [0.5, 0.6) is 0 Å². The summed E-state index contributed by atoms with van der Waals surface area (Å²) in [4.78, 5) is 11.8. The smallest absolute Gasteiger partial charge is 0.305 e. The number of hydrogen-bond donors (Lipinski definition) is 2. The molecule has 1 aromatic rings. The van der Waals surface area contributed by atoms with Crippen LogP contribution in [0.2, 0.25) is 0 Å². The predicted molar refractivity (Wildman–Crippen MR) is 82.1 cm³/mol. The van der Waals surface area contributed by atoms with Crippen LogP contribution in [0.3, 0.4) is 0 Å². The molecule has 0 heterocycles. The van der Waals surface area contributed by atoms with Crippen molar-refractivity contribution in [2.45, 2.75) is 38.1 Å². The molecular weight excluding hydrogens is 272 g/mol. The van der Waals surface area contributed by atoms with Gasteiger partial charge in [0.05, 0.1) is 17.7 Å². The van der Waals surface area contributed by atoms with Crippen molar-refractivity contribution in [1.82, 2.24) is 0 Å². The van der Waals surface area contributed by atoms with Crippen LogP contribution >= 0.6 is 11.8 Å². The summed E-state index contributed by atoms with van der Waals surface area (Å²) in [7, 11) is 0. The molecule has 2 N–H and O–H groups in total. The molecule has 1 rings (SSSR count). The lowest BCUT2D eigenvalue weighted by atomic mass is 10.00. The van der Waals surface area contributed by atoms with Crippen molar-refractivity contribution in [3.8, 4) is 6.07 Å². The van der Waals surface area contributed by atoms with E-state index in [1.807, 2.05) is 39.0 Å². The first-order chi connectivity index (χ1) is 9.49. The molecule has 4 nitrogen and oxygen atoms in total. The number of aliphatic carboxylic acids is 1. The van der Waals surface area contributed by atoms with Crippen molar-refractivity contribution >= 4 is 23.4 Å². The average molecular weight is 292 g/mol. The Labute approximate surface area is 124 Å². The van der Waals surface area contributed by atoms with E-state index in [4.69, 9.17) is 5.11 Å². The van der Waals surface area contributed by atoms with E-state index in [2.05, 4.69) is 11.4 Å². The second kappa shape index (κ2) is 7.81. The Bertz CT molecular complexity index is 509. The number of thioether (sulfide) groups is 1. The van der Waals surface area contributed by atoms with E-state index in [0.717, 1.165) is 10.6 Å². The molecule has 0 aromatic heterocycles. The number of carbonyl (C=O) groups is 1. The summed E-state index contributed by atoms with van der Waals surface area (Å²) in [5.41, 5.74) is 1.31. The van der Waals surface area contributed by atoms with Gasteiger partial charge in [-0.25, -0.2) is 0 Å². The molecule has 20 heavy (non-hydrogen) atoms. The average Bonchev–Trinajstić information content (AvgIpc) is 2.38. The maximum Gasteiger partial charge on any atom is 0.305 e. The highest BCUT2D eigenvalue weighted by Gasteiger charge is 2.19. The molecule has 0 bridgehead atoms. The highest BCUT2D eigenvalue weighted by Crippen LogP contribution is 2.29. The van der Waals surface area contributed by atoms with Crippen LogP contribution in [0, 0.1) is 17.2 Å². The van der Waals surface area contributed by atoms with Gasteiger partial charge in [-0.15, -0.1) is 11.8 Å². The summed E-state index contributed by atoms with van der Waals surface area (Å²) >= 11 is 1.61. The van der Waals surface area contributed by atoms with E-state index in [1.54, 1.807) is 11.8 Å². The Kier molecular flexibility index (Phi) is 6.40. The van der Waals surface area contributed by atoms with Gasteiger partial charge in [0.15, 0.2) is 0 Å². The molecule has 0 fully saturated rings. The van der Waals surface area contributed by atoms with Crippen LogP contribution in [0.4, 0.5) is 5.69 Å². The number of rotatable bonds is 7. The lowest BCUT2D eigenvalue weighted by Crippen LogP contribution is -2.29. The van der Waals surface area contributed by atoms with Crippen molar-refractivity contribution in [1.29, 1.82) is 5.26 Å². The van der Waals surface area contributed by atoms with Crippen LogP contribution < -0.4 is 5.32 Å². The highest BCUT2D eigenvalue weighted by molar-refractivity contribution is 7.99. The lowest BCUT2D eigenvalue weighted by molar-refractivity contribution is -0.137. The minimum atomic E-state index is -0.839. The molecule has 0 spiro atoms. The molecule has 0 saturated heterocycles. The predicted octanol–water partition coefficient (Wildman–Crippen LogP) is 3.58. The zero-order chi connectivity index (χ0) is 15.1. The first-order valence-electron chi connectivity index (χ1n) is 6.63. The third-order valence-electron chi connectivity index (χ3n) is 2.98. The zero-order valence-corrected chi connectivity index (χ0v) is 12.8. The van der Waals surface area contributed by atoms with Gasteiger partial charge in [-0.3, -0.25) is 4.79 Å². The number of carboxylic acid groups (broad SMARTS) is 1. The number of benzene rings is 1. The normalized spacial score (nSPS) is 11.9. The van der Waals surface area contributed by atoms with E-state index >= 15 is 0 Å². The van der Waals surface area contributed by atoms with Crippen molar-refractivity contribution in [3.63, 3.8) is 0 Å². The van der Waals surface area contributed by atoms with Gasteiger partial charge in [0.2, 0.25) is 0 Å². The molecule has 1 atom stereocenters. The van der Waals surface area contributed by atoms with Gasteiger partial charge in [0, 0.05) is 10.9 Å². The molecule has 0 aliphatic carbocycles. The van der Waals surface area contributed by atoms with E-state index < -0.39 is 5.97 Å². The van der Waals surface area contributed by atoms with Gasteiger partial charge < -0.3 is 10.4 Å². The number of anilines is 1. The summed E-state index contributed by atoms with van der Waals surface area (Å²) in [6.45, 7) is 5.97. The minimum absolute atomic E-state index is 0.0354. The van der Waals surface area contributed by atoms with Crippen LogP contribution in [0.15, 0.2) is 23.1 Å². The second-order valence-corrected chi connectivity index (χ2v) is 6.12. The molecule has 0 aliphatic heterocycles. The Morgan fingerprint density at radius 1 is 1.50 bits per heavy atom. The van der Waals surface area contributed by atoms with Crippen LogP contribution in [0.1, 0.15) is 32.8 Å². The van der Waals surface area contributed by atoms with Crippen LogP contribution in [-0.4, -0.2) is 22.9 Å². The highest BCUT2D eigenvalue weighted by atomic mass is 32.2. The summed E-state index contributed by atoms with van der Waals surface area (Å²) in [5.74, 6) is 0.217. The van der Waals surface area contributed by atoms with E-state index in [1.165, 1.54) is 0 Å². The van der Waals surface area contributed by atoms with Gasteiger partial charge in [0.1, 0.15) is 6.07 Å². The largest absolute Gasteiger partial charge is 0.481 e. The SMILES string of the molecule is CCSc1cccc(NC(CC(=O)O)C(C)C)c1C#N. The molecular formula is C15H20N2O2S. The quantitative estimate of drug-likeness (QED) is 0.751. The molecule has 0 radical (unpaired) electrons. The number of hydrogen-bond acceptors (Lipinski definition) is 4. The molecule has 1 unspecified atom stereocenters. The third-order valence-corrected chi connectivity index (χ3v) is 3.92. The molecule has 108 valence electrons. The fourth-order valence-electron chi connectivity index (χ4n) is 1.88. The van der Waals surface area contributed by atoms with Gasteiger partial charge in [0.25, 0.3) is 0 Å². The maximum atomic E-state index is 10.9. The second-order valence-electron chi connectivity index (χ2n) is 4.82. The topological polar surface area (TPSA) is 73.1 Å². The van der Waals surface area contributed by atoms with Crippen LogP contribution in [-0.2, 0) is 4.79 Å². The Morgan fingerprint density at radius 2 is 2.20 bits per heavy atom. The monoisotopic (exact) mass is 292 g/mol. The Balaban J connectivity index is 3.03. The third kappa shape index (κ3) is 4.46. The van der Waals surface area contributed by atoms with Crippen molar-refractivity contribution < 1.29 is 9.90 Å². The van der Waals surface area contributed by atoms with Crippen molar-refractivity contribution in [2.24, 2.45) is 5.92 Å². The summed E-state index contributed by atoms with van der Waals surface area (Å²) in [6.07, 6.45) is 0.0354. The Hall–Kier alpha value is -1.67. The standard InChI is InChI=1S/C15H20N2O2S/c1-4-20-14-7-5-6-12(11(14)9-16)17-13(10(2)3)8-15(18)19/h5-7,10,13,17H,4,8H2,1-3H3,(H,18,19). The number of carboxylic acids is 1. The Morgan fingerprint density at radius 3 is 2.70 bits per heavy atom.